The number of Topliss-reactive ketones (excluding diaryl/α,β-unsaturated/α-hetero) is 1. The maximum absolute atomic E-state index is 12.0. The second kappa shape index (κ2) is 42.6. The second-order valence-corrected chi connectivity index (χ2v) is 22.9. The summed E-state index contributed by atoms with van der Waals surface area (Å²) in [6, 6.07) is 6.46. The fourth-order valence-corrected chi connectivity index (χ4v) is 12.1. The molecule has 10 nitrogen and oxygen atoms in total. The Balaban J connectivity index is 0.00000119. The Hall–Kier alpha value is -5.18. The van der Waals surface area contributed by atoms with Crippen molar-refractivity contribution >= 4 is 47.5 Å². The van der Waals surface area contributed by atoms with Crippen molar-refractivity contribution in [2.24, 2.45) is 43.8 Å². The van der Waals surface area contributed by atoms with Crippen LogP contribution in [0.5, 0.6) is 0 Å². The van der Waals surface area contributed by atoms with Crippen molar-refractivity contribution in [3.05, 3.63) is 104 Å². The number of carbonyl (C=O) groups is 2. The number of nitrogens with zero attached hydrogens (tertiary/aromatic N) is 5. The summed E-state index contributed by atoms with van der Waals surface area (Å²) in [4.78, 5) is 46.7. The average Bonchev–Trinajstić information content (AvgIpc) is 4.25. The van der Waals surface area contributed by atoms with Crippen LogP contribution in [0.4, 0.5) is 0 Å². The molecule has 2 N–H and O–H groups in total. The minimum Gasteiger partial charge on any atom is -0.393 e. The van der Waals surface area contributed by atoms with Crippen LogP contribution in [0, 0.1) is 49.9 Å². The quantitative estimate of drug-likeness (QED) is 0.0195. The highest BCUT2D eigenvalue weighted by atomic mass is 32.1. The second-order valence-electron chi connectivity index (χ2n) is 21.5. The fraction of sp³-hybridized carbons (Fsp3) is 0.629. The molecule has 6 atom stereocenters. The fourth-order valence-electron chi connectivity index (χ4n) is 10.8. The summed E-state index contributed by atoms with van der Waals surface area (Å²) in [5.74, 6) is 6.52. The summed E-state index contributed by atoms with van der Waals surface area (Å²) in [5, 5.41) is 16.0. The summed E-state index contributed by atoms with van der Waals surface area (Å²) in [5.41, 5.74) is 9.52. The van der Waals surface area contributed by atoms with E-state index in [1.165, 1.54) is 57.8 Å². The number of aliphatic imine (C=N–C) groups is 3. The van der Waals surface area contributed by atoms with Crippen molar-refractivity contribution in [3.63, 3.8) is 0 Å². The zero-order chi connectivity index (χ0) is 61.7. The lowest BCUT2D eigenvalue weighted by molar-refractivity contribution is -0.122. The SMILES string of the molecule is C#Cc1c(C)sc2c1[C@@](CC)(C(=C)O/N=C(C)/C(=C/C=C)N=C(C)N(CCCC)[C@@H](C)CC)CCC2.CC.CC.CCCC[C@@H]1CCC2=C(C1)N=CC2C(C(C)=O)C(C)C.CCC[C@@H](O)CC.CN=Cc1ccc(CNC=O)cc1C. The Morgan fingerprint density at radius 1 is 1.02 bits per heavy atom. The standard InChI is InChI=1S/C31H45N3OS.C18H29NO.C11H14N2O.C6H14O.2C2H6/c1-11-16-21-34(22(6)13-3)26(10)32-28(18-12-2)23(7)33-35-25(9)31(15-5)20-17-19-29-30(31)27(14-4)24(8)36-29;1-5-6-7-14-8-9-15-16(11-19-17(15)10-14)18(12(2)3)13(4)20;1-9-5-10(6-13-8-14)3-4-11(9)7-12-2;1-3-5-6(7)4-2;2*1-2/h4,12,18,22H,2,9,11,13,15-17,19-21H2,1,3,5-8,10H3;11-12,14,16,18H,5-10H2,1-4H3;3-5,7-8H,6H2,1-2H3,(H,13,14);6-7H,3-5H2,1-2H3;2*1-2H3/b28-18-,32-26?,33-23+;;;;;/t22-,31+;14-,16?,18?;;6-;;/m01.0../s1. The first-order valence-electron chi connectivity index (χ1n) is 31.1. The molecule has 2 aromatic rings. The van der Waals surface area contributed by atoms with Crippen molar-refractivity contribution in [1.82, 2.24) is 10.2 Å². The molecule has 2 heterocycles. The summed E-state index contributed by atoms with van der Waals surface area (Å²) in [6.45, 7) is 47.2. The van der Waals surface area contributed by atoms with Gasteiger partial charge in [-0.15, -0.1) is 17.8 Å². The number of oxime groups is 1. The van der Waals surface area contributed by atoms with Crippen LogP contribution in [0.25, 0.3) is 0 Å². The molecule has 0 radical (unpaired) electrons. The van der Waals surface area contributed by atoms with Gasteiger partial charge >= 0.3 is 0 Å². The molecule has 0 bridgehead atoms. The molecule has 2 unspecified atom stereocenters. The number of allylic oxidation sites excluding steroid dienone is 6. The van der Waals surface area contributed by atoms with Crippen LogP contribution >= 0.6 is 11.3 Å². The predicted molar refractivity (Wildman–Crippen MR) is 354 cm³/mol. The Morgan fingerprint density at radius 2 is 1.70 bits per heavy atom. The summed E-state index contributed by atoms with van der Waals surface area (Å²) >= 11 is 1.81. The molecule has 0 fully saturated rings. The summed E-state index contributed by atoms with van der Waals surface area (Å²) < 4.78 is 0. The van der Waals surface area contributed by atoms with Gasteiger partial charge < -0.3 is 20.2 Å². The highest BCUT2D eigenvalue weighted by molar-refractivity contribution is 7.12. The minimum atomic E-state index is -0.321. The number of hydrogen-bond acceptors (Lipinski definition) is 9. The van der Waals surface area contributed by atoms with Crippen molar-refractivity contribution in [2.75, 3.05) is 13.6 Å². The lowest BCUT2D eigenvalue weighted by Gasteiger charge is -2.37. The molecule has 2 aliphatic carbocycles. The number of terminal acetylenes is 1. The van der Waals surface area contributed by atoms with Gasteiger partial charge in [0.15, 0.2) is 0 Å². The van der Waals surface area contributed by atoms with Gasteiger partial charge in [-0.25, -0.2) is 4.99 Å². The van der Waals surface area contributed by atoms with E-state index in [0.29, 0.717) is 42.2 Å². The van der Waals surface area contributed by atoms with E-state index in [2.05, 4.69) is 120 Å². The highest BCUT2D eigenvalue weighted by Crippen LogP contribution is 2.50. The van der Waals surface area contributed by atoms with Crippen LogP contribution in [-0.4, -0.2) is 71.9 Å². The molecule has 454 valence electrons. The van der Waals surface area contributed by atoms with Gasteiger partial charge in [0, 0.05) is 71.5 Å². The van der Waals surface area contributed by atoms with E-state index in [9.17, 15) is 9.59 Å². The van der Waals surface area contributed by atoms with E-state index in [-0.39, 0.29) is 23.4 Å². The molecule has 1 aromatic heterocycles. The monoisotopic (exact) mass is 1130 g/mol. The van der Waals surface area contributed by atoms with Crippen LogP contribution in [0.3, 0.4) is 0 Å². The molecule has 0 spiro atoms. The topological polar surface area (TPSA) is 128 Å². The number of carbonyl (C=O) groups excluding carboxylic acids is 2. The number of aliphatic hydroxyl groups excluding tert-OH is 1. The average molecular weight is 1140 g/mol. The summed E-state index contributed by atoms with van der Waals surface area (Å²) in [7, 11) is 1.75. The number of rotatable bonds is 25. The first-order chi connectivity index (χ1) is 38.8. The number of nitrogens with one attached hydrogen (secondary N) is 1. The molecule has 11 heteroatoms. The molecular formula is C70H114N6O4S. The predicted octanol–water partition coefficient (Wildman–Crippen LogP) is 18.0. The van der Waals surface area contributed by atoms with Crippen LogP contribution in [0.1, 0.15) is 245 Å². The molecule has 1 aromatic carbocycles. The van der Waals surface area contributed by atoms with Crippen LogP contribution in [0.2, 0.25) is 0 Å². The Bertz CT molecular complexity index is 2410. The van der Waals surface area contributed by atoms with Gasteiger partial charge in [-0.05, 0) is 158 Å². The van der Waals surface area contributed by atoms with Gasteiger partial charge in [0.2, 0.25) is 6.41 Å². The van der Waals surface area contributed by atoms with Crippen molar-refractivity contribution in [3.8, 4) is 12.3 Å². The molecule has 1 amide bonds. The zero-order valence-electron chi connectivity index (χ0n) is 54.6. The third-order valence-electron chi connectivity index (χ3n) is 15.5. The van der Waals surface area contributed by atoms with Crippen LogP contribution in [-0.2, 0) is 32.8 Å². The summed E-state index contributed by atoms with van der Waals surface area (Å²) in [6.07, 6.45) is 32.0. The molecule has 1 aliphatic heterocycles. The van der Waals surface area contributed by atoms with Crippen LogP contribution < -0.4 is 5.32 Å². The van der Waals surface area contributed by atoms with Crippen molar-refractivity contribution in [1.29, 1.82) is 0 Å². The van der Waals surface area contributed by atoms with E-state index in [4.69, 9.17) is 21.4 Å². The molecule has 0 saturated heterocycles. The number of fused-ring (bicyclic) bond motifs is 1. The Labute approximate surface area is 499 Å². The van der Waals surface area contributed by atoms with Gasteiger partial charge in [0.05, 0.1) is 17.2 Å². The van der Waals surface area contributed by atoms with E-state index >= 15 is 0 Å². The van der Waals surface area contributed by atoms with Crippen molar-refractivity contribution < 1.29 is 19.5 Å². The molecule has 3 aliphatic rings. The number of ketones is 1. The minimum absolute atomic E-state index is 0.0509. The van der Waals surface area contributed by atoms with Gasteiger partial charge in [-0.2, -0.15) is 0 Å². The van der Waals surface area contributed by atoms with Crippen LogP contribution in [0.15, 0.2) is 86.4 Å². The van der Waals surface area contributed by atoms with Gasteiger partial charge in [0.1, 0.15) is 23.1 Å². The third-order valence-corrected chi connectivity index (χ3v) is 16.7. The van der Waals surface area contributed by atoms with E-state index < -0.39 is 0 Å². The first-order valence-corrected chi connectivity index (χ1v) is 31.9. The van der Waals surface area contributed by atoms with E-state index in [1.807, 2.05) is 90.3 Å². The van der Waals surface area contributed by atoms with E-state index in [0.717, 1.165) is 118 Å². The highest BCUT2D eigenvalue weighted by Gasteiger charge is 2.43. The zero-order valence-corrected chi connectivity index (χ0v) is 55.4. The Kier molecular flexibility index (Phi) is 39.9. The molecule has 81 heavy (non-hydrogen) atoms. The number of unbranched alkanes of at least 4 members (excludes halogenated alkanes) is 2. The van der Waals surface area contributed by atoms with Crippen molar-refractivity contribution in [2.45, 2.75) is 251 Å². The third kappa shape index (κ3) is 24.3. The lowest BCUT2D eigenvalue weighted by atomic mass is 9.68. The van der Waals surface area contributed by atoms with Gasteiger partial charge in [-0.1, -0.05) is 164 Å². The Morgan fingerprint density at radius 3 is 2.22 bits per heavy atom. The first kappa shape index (κ1) is 75.8. The number of aliphatic hydroxyl groups is 1. The number of amides is 1. The number of benzene rings is 1. The number of hydrogen-bond donors (Lipinski definition) is 2. The molecule has 5 rings (SSSR count). The number of thiophene rings is 1. The molecule has 0 saturated carbocycles. The maximum atomic E-state index is 12.0. The number of aryl methyl sites for hydroxylation is 3. The lowest BCUT2D eigenvalue weighted by Crippen LogP contribution is -2.37. The van der Waals surface area contributed by atoms with Gasteiger partial charge in [0.25, 0.3) is 0 Å². The van der Waals surface area contributed by atoms with Gasteiger partial charge in [-0.3, -0.25) is 19.6 Å². The number of amidine groups is 1. The van der Waals surface area contributed by atoms with E-state index in [1.54, 1.807) is 20.0 Å². The largest absolute Gasteiger partial charge is 0.393 e. The smallest absolute Gasteiger partial charge is 0.207 e. The maximum Gasteiger partial charge on any atom is 0.207 e. The normalized spacial score (nSPS) is 18.4. The molecular weight excluding hydrogens is 1020 g/mol.